The van der Waals surface area contributed by atoms with Crippen LogP contribution in [0.15, 0.2) is 40.4 Å². The van der Waals surface area contributed by atoms with Crippen LogP contribution in [-0.4, -0.2) is 21.6 Å². The number of hydrogen-bond acceptors (Lipinski definition) is 5. The molecule has 0 bridgehead atoms. The van der Waals surface area contributed by atoms with Gasteiger partial charge in [-0.1, -0.05) is 17.7 Å². The molecule has 0 aliphatic rings. The predicted octanol–water partition coefficient (Wildman–Crippen LogP) is 3.51. The molecule has 0 aliphatic carbocycles. The van der Waals surface area contributed by atoms with E-state index in [2.05, 4.69) is 0 Å². The quantitative estimate of drug-likeness (QED) is 0.720. The molecule has 1 aromatic rings. The van der Waals surface area contributed by atoms with Crippen molar-refractivity contribution in [1.82, 2.24) is 0 Å². The maximum atomic E-state index is 12.1. The minimum Gasteiger partial charge on any atom is -0.306 e. The second-order valence-corrected chi connectivity index (χ2v) is 7.75. The van der Waals surface area contributed by atoms with Crippen molar-refractivity contribution in [2.24, 2.45) is 0 Å². The smallest absolute Gasteiger partial charge is 0.306 e. The van der Waals surface area contributed by atoms with Crippen LogP contribution in [-0.2, 0) is 23.4 Å². The van der Waals surface area contributed by atoms with Gasteiger partial charge >= 0.3 is 7.60 Å². The molecule has 0 saturated carbocycles. The first-order valence-corrected chi connectivity index (χ1v) is 9.38. The highest BCUT2D eigenvalue weighted by molar-refractivity contribution is 7.94. The van der Waals surface area contributed by atoms with Gasteiger partial charge < -0.3 is 9.05 Å². The van der Waals surface area contributed by atoms with Gasteiger partial charge in [-0.25, -0.2) is 8.42 Å². The highest BCUT2D eigenvalue weighted by atomic mass is 32.2. The van der Waals surface area contributed by atoms with E-state index in [-0.39, 0.29) is 18.1 Å². The first kappa shape index (κ1) is 17.1. The number of sulfone groups is 1. The Morgan fingerprint density at radius 2 is 1.60 bits per heavy atom. The van der Waals surface area contributed by atoms with Crippen molar-refractivity contribution >= 4 is 17.4 Å². The summed E-state index contributed by atoms with van der Waals surface area (Å²) in [7, 11) is -7.17. The first-order valence-electron chi connectivity index (χ1n) is 6.23. The van der Waals surface area contributed by atoms with Gasteiger partial charge in [0.15, 0.2) is 9.84 Å². The van der Waals surface area contributed by atoms with Crippen LogP contribution < -0.4 is 0 Å². The SMILES string of the molecule is CCOP(=O)(/C=C/S(=O)(=O)c1ccc(C)cc1)OCC. The van der Waals surface area contributed by atoms with Crippen LogP contribution in [0.25, 0.3) is 0 Å². The molecule has 1 rings (SSSR count). The van der Waals surface area contributed by atoms with E-state index in [4.69, 9.17) is 9.05 Å². The van der Waals surface area contributed by atoms with Gasteiger partial charge in [-0.2, -0.15) is 0 Å². The number of aryl methyl sites for hydroxylation is 1. The van der Waals surface area contributed by atoms with E-state index in [0.717, 1.165) is 16.8 Å². The second-order valence-electron chi connectivity index (χ2n) is 4.02. The van der Waals surface area contributed by atoms with Gasteiger partial charge in [-0.15, -0.1) is 0 Å². The topological polar surface area (TPSA) is 69.7 Å². The first-order chi connectivity index (χ1) is 9.33. The largest absolute Gasteiger partial charge is 0.354 e. The van der Waals surface area contributed by atoms with E-state index >= 15 is 0 Å². The lowest BCUT2D eigenvalue weighted by molar-refractivity contribution is 0.229. The fourth-order valence-electron chi connectivity index (χ4n) is 1.44. The third-order valence-corrected chi connectivity index (χ3v) is 5.77. The maximum absolute atomic E-state index is 12.1. The molecule has 5 nitrogen and oxygen atoms in total. The Kier molecular flexibility index (Phi) is 6.14. The minimum absolute atomic E-state index is 0.138. The van der Waals surface area contributed by atoms with Crippen molar-refractivity contribution in [2.75, 3.05) is 13.2 Å². The lowest BCUT2D eigenvalue weighted by Crippen LogP contribution is -1.98. The summed E-state index contributed by atoms with van der Waals surface area (Å²) in [5, 5.41) is 0.879. The molecule has 0 saturated heterocycles. The normalized spacial score (nSPS) is 12.9. The zero-order valence-corrected chi connectivity index (χ0v) is 13.5. The number of benzene rings is 1. The van der Waals surface area contributed by atoms with Crippen molar-refractivity contribution in [3.8, 4) is 0 Å². The van der Waals surface area contributed by atoms with Crippen LogP contribution >= 0.6 is 7.60 Å². The van der Waals surface area contributed by atoms with Crippen LogP contribution in [0.3, 0.4) is 0 Å². The summed E-state index contributed by atoms with van der Waals surface area (Å²) in [4.78, 5) is 0.138. The van der Waals surface area contributed by atoms with Gasteiger partial charge in [0.25, 0.3) is 0 Å². The van der Waals surface area contributed by atoms with E-state index in [1.165, 1.54) is 12.1 Å². The van der Waals surface area contributed by atoms with Crippen molar-refractivity contribution in [3.05, 3.63) is 41.1 Å². The molecule has 0 unspecified atom stereocenters. The van der Waals surface area contributed by atoms with Gasteiger partial charge in [-0.05, 0) is 32.9 Å². The molecular formula is C13H19O5PS. The number of rotatable bonds is 7. The monoisotopic (exact) mass is 318 g/mol. The molecule has 0 atom stereocenters. The standard InChI is InChI=1S/C13H19O5PS/c1-4-17-19(14,18-5-2)10-11-20(15,16)13-8-6-12(3)7-9-13/h6-11H,4-5H2,1-3H3/b11-10+. The molecule has 0 amide bonds. The average molecular weight is 318 g/mol. The third-order valence-electron chi connectivity index (χ3n) is 2.39. The Morgan fingerprint density at radius 1 is 1.10 bits per heavy atom. The molecule has 0 spiro atoms. The van der Waals surface area contributed by atoms with E-state index in [1.807, 2.05) is 6.92 Å². The highest BCUT2D eigenvalue weighted by Gasteiger charge is 2.21. The van der Waals surface area contributed by atoms with E-state index < -0.39 is 17.4 Å². The van der Waals surface area contributed by atoms with Crippen molar-refractivity contribution in [1.29, 1.82) is 0 Å². The van der Waals surface area contributed by atoms with Crippen LogP contribution in [0.5, 0.6) is 0 Å². The molecule has 0 aromatic heterocycles. The molecule has 1 aromatic carbocycles. The number of hydrogen-bond donors (Lipinski definition) is 0. The molecule has 0 heterocycles. The summed E-state index contributed by atoms with van der Waals surface area (Å²) in [6.45, 7) is 5.53. The third kappa shape index (κ3) is 4.87. The Balaban J connectivity index is 3.02. The molecule has 0 fully saturated rings. The van der Waals surface area contributed by atoms with Crippen molar-refractivity contribution in [2.45, 2.75) is 25.7 Å². The van der Waals surface area contributed by atoms with Crippen LogP contribution in [0, 0.1) is 6.92 Å². The van der Waals surface area contributed by atoms with Crippen molar-refractivity contribution in [3.63, 3.8) is 0 Å². The summed E-state index contributed by atoms with van der Waals surface area (Å²) >= 11 is 0. The van der Waals surface area contributed by atoms with Crippen LogP contribution in [0.1, 0.15) is 19.4 Å². The van der Waals surface area contributed by atoms with Crippen LogP contribution in [0.2, 0.25) is 0 Å². The minimum atomic E-state index is -3.66. The van der Waals surface area contributed by atoms with Gasteiger partial charge in [0.05, 0.1) is 18.1 Å². The van der Waals surface area contributed by atoms with Gasteiger partial charge in [0, 0.05) is 11.2 Å². The zero-order valence-electron chi connectivity index (χ0n) is 11.8. The summed E-state index contributed by atoms with van der Waals surface area (Å²) in [5.41, 5.74) is 0.960. The molecular weight excluding hydrogens is 299 g/mol. The van der Waals surface area contributed by atoms with Gasteiger partial charge in [0.2, 0.25) is 0 Å². The lowest BCUT2D eigenvalue weighted by atomic mass is 10.2. The Hall–Kier alpha value is -0.940. The van der Waals surface area contributed by atoms with E-state index in [1.54, 1.807) is 26.0 Å². The summed E-state index contributed by atoms with van der Waals surface area (Å²) < 4.78 is 46.3. The molecule has 0 aliphatic heterocycles. The molecule has 20 heavy (non-hydrogen) atoms. The Bertz CT molecular complexity index is 594. The van der Waals surface area contributed by atoms with E-state index in [0.29, 0.717) is 0 Å². The average Bonchev–Trinajstić information content (AvgIpc) is 2.38. The fourth-order valence-corrected chi connectivity index (χ4v) is 4.32. The van der Waals surface area contributed by atoms with E-state index in [9.17, 15) is 13.0 Å². The molecule has 0 radical (unpaired) electrons. The molecule has 0 N–H and O–H groups in total. The lowest BCUT2D eigenvalue weighted by Gasteiger charge is -2.12. The Labute approximate surface area is 120 Å². The van der Waals surface area contributed by atoms with Gasteiger partial charge in [0.1, 0.15) is 0 Å². The highest BCUT2D eigenvalue weighted by Crippen LogP contribution is 2.49. The predicted molar refractivity (Wildman–Crippen MR) is 78.4 cm³/mol. The molecule has 112 valence electrons. The maximum Gasteiger partial charge on any atom is 0.354 e. The second kappa shape index (κ2) is 7.18. The summed E-state index contributed by atoms with van der Waals surface area (Å²) in [5.74, 6) is 0.995. The van der Waals surface area contributed by atoms with Crippen LogP contribution in [0.4, 0.5) is 0 Å². The fraction of sp³-hybridized carbons (Fsp3) is 0.385. The zero-order chi connectivity index (χ0) is 15.2. The Morgan fingerprint density at radius 3 is 2.05 bits per heavy atom. The summed E-state index contributed by atoms with van der Waals surface area (Å²) in [6.07, 6.45) is 0. The molecule has 7 heteroatoms. The van der Waals surface area contributed by atoms with Crippen molar-refractivity contribution < 1.29 is 22.0 Å². The summed E-state index contributed by atoms with van der Waals surface area (Å²) in [6, 6.07) is 6.40. The van der Waals surface area contributed by atoms with Gasteiger partial charge in [-0.3, -0.25) is 4.57 Å².